The first-order valence-electron chi connectivity index (χ1n) is 13.0. The van der Waals surface area contributed by atoms with Gasteiger partial charge in [-0.05, 0) is 50.4 Å². The quantitative estimate of drug-likeness (QED) is 0.113. The van der Waals surface area contributed by atoms with Crippen LogP contribution in [0.1, 0.15) is 51.1 Å². The maximum atomic E-state index is 12.4. The van der Waals surface area contributed by atoms with E-state index in [0.29, 0.717) is 11.6 Å². The SMILES string of the molecule is CS(=O)(=O)[O-].[2H]c1c([2H])c(C(=O)OCC)c([2H])c([2H])c1OC(=O)C([2H])([2H])CCCCN([2H])C(N([2H])[2H])=[N+]([2H])[2H]. The highest BCUT2D eigenvalue weighted by Crippen LogP contribution is 2.14. The summed E-state index contributed by atoms with van der Waals surface area (Å²) in [6.45, 7) is 1.24. The van der Waals surface area contributed by atoms with Gasteiger partial charge < -0.3 is 14.0 Å². The summed E-state index contributed by atoms with van der Waals surface area (Å²) in [5, 5.41) is 0.415. The number of hydrogen-bond donors (Lipinski definition) is 3. The summed E-state index contributed by atoms with van der Waals surface area (Å²) in [7, 11) is -3.92. The van der Waals surface area contributed by atoms with Crippen LogP contribution in [-0.2, 0) is 19.6 Å². The molecule has 0 saturated heterocycles. The van der Waals surface area contributed by atoms with Gasteiger partial charge in [0.1, 0.15) is 5.75 Å². The predicted molar refractivity (Wildman–Crippen MR) is 101 cm³/mol. The fraction of sp³-hybridized carbons (Fsp3) is 0.471. The van der Waals surface area contributed by atoms with Gasteiger partial charge in [-0.2, -0.15) is 0 Å². The van der Waals surface area contributed by atoms with Gasteiger partial charge in [-0.3, -0.25) is 21.2 Å². The van der Waals surface area contributed by atoms with Crippen molar-refractivity contribution in [2.75, 3.05) is 19.4 Å². The highest BCUT2D eigenvalue weighted by atomic mass is 32.2. The molecule has 28 heavy (non-hydrogen) atoms. The first kappa shape index (κ1) is 12.0. The van der Waals surface area contributed by atoms with E-state index < -0.39 is 76.3 Å². The molecule has 0 spiro atoms. The van der Waals surface area contributed by atoms with Crippen LogP contribution in [0.3, 0.4) is 0 Å². The van der Waals surface area contributed by atoms with E-state index in [-0.39, 0.29) is 37.1 Å². The van der Waals surface area contributed by atoms with E-state index >= 15 is 0 Å². The van der Waals surface area contributed by atoms with E-state index in [1.54, 1.807) is 0 Å². The fourth-order valence-electron chi connectivity index (χ4n) is 1.39. The number of rotatable bonds is 9. The van der Waals surface area contributed by atoms with Crippen molar-refractivity contribution in [3.8, 4) is 5.75 Å². The van der Waals surface area contributed by atoms with Crippen molar-refractivity contribution in [1.82, 2.24) is 5.31 Å². The molecule has 0 atom stereocenters. The van der Waals surface area contributed by atoms with Crippen LogP contribution in [0, 0.1) is 0 Å². The molecular formula is C17H27N3O7S. The third-order valence-electron chi connectivity index (χ3n) is 2.38. The van der Waals surface area contributed by atoms with Crippen LogP contribution < -0.4 is 21.2 Å². The smallest absolute Gasteiger partial charge is 0.338 e. The van der Waals surface area contributed by atoms with E-state index in [1.807, 2.05) is 0 Å². The molecule has 0 bridgehead atoms. The van der Waals surface area contributed by atoms with Crippen LogP contribution >= 0.6 is 0 Å². The van der Waals surface area contributed by atoms with Crippen LogP contribution in [0.2, 0.25) is 7.06 Å². The number of unbranched alkanes of at least 4 members (excludes halogenated alkanes) is 1. The molecule has 0 aliphatic rings. The molecular weight excluding hydrogens is 390 g/mol. The minimum Gasteiger partial charge on any atom is -0.748 e. The van der Waals surface area contributed by atoms with E-state index in [2.05, 4.69) is 0 Å². The predicted octanol–water partition coefficient (Wildman–Crippen LogP) is -0.846. The molecule has 0 heterocycles. The molecule has 0 fully saturated rings. The number of nitrogens with two attached hydrogens (primary N) is 2. The second kappa shape index (κ2) is 13.5. The van der Waals surface area contributed by atoms with Crippen molar-refractivity contribution in [3.63, 3.8) is 0 Å². The average Bonchev–Trinajstić information content (AvgIpc) is 2.76. The first-order chi connectivity index (χ1) is 17.7. The zero-order chi connectivity index (χ0) is 30.9. The molecule has 0 amide bonds. The molecule has 0 unspecified atom stereocenters. The second-order valence-electron chi connectivity index (χ2n) is 4.83. The molecule has 0 aromatic heterocycles. The Hall–Kier alpha value is -2.66. The highest BCUT2D eigenvalue weighted by molar-refractivity contribution is 7.84. The number of esters is 2. The number of benzene rings is 1. The van der Waals surface area contributed by atoms with E-state index in [9.17, 15) is 9.59 Å². The summed E-state index contributed by atoms with van der Waals surface area (Å²) < 4.78 is 120. The summed E-state index contributed by atoms with van der Waals surface area (Å²) >= 11 is 0. The van der Waals surface area contributed by atoms with Gasteiger partial charge in [-0.25, -0.2) is 13.2 Å². The Kier molecular flexibility index (Phi) is 5.80. The Morgan fingerprint density at radius 2 is 2.04 bits per heavy atom. The van der Waals surface area contributed by atoms with Crippen molar-refractivity contribution in [3.05, 3.63) is 29.7 Å². The number of nitrogens with one attached hydrogen (secondary N) is 1. The Morgan fingerprint density at radius 1 is 1.39 bits per heavy atom. The van der Waals surface area contributed by atoms with Crippen molar-refractivity contribution in [1.29, 1.82) is 0 Å². The number of carbonyl (C=O) groups is 2. The van der Waals surface area contributed by atoms with Gasteiger partial charge in [0.25, 0.3) is 7.06 Å². The molecule has 5 N–H and O–H groups in total. The Labute approximate surface area is 180 Å². The normalized spacial score (nSPS) is 16.0. The number of guanidine groups is 1. The monoisotopic (exact) mass is 428 g/mol. The molecule has 1 rings (SSSR count). The van der Waals surface area contributed by atoms with Crippen molar-refractivity contribution < 1.29 is 52.7 Å². The molecule has 0 aliphatic heterocycles. The van der Waals surface area contributed by atoms with Crippen molar-refractivity contribution in [2.45, 2.75) is 32.6 Å². The number of hydrogen-bond acceptors (Lipinski definition) is 7. The largest absolute Gasteiger partial charge is 0.748 e. The van der Waals surface area contributed by atoms with Crippen LogP contribution in [0.15, 0.2) is 24.2 Å². The molecule has 1 aromatic rings. The van der Waals surface area contributed by atoms with Gasteiger partial charge in [0.15, 0.2) is 0 Å². The Bertz CT molecular complexity index is 1140. The summed E-state index contributed by atoms with van der Waals surface area (Å²) in [4.78, 5) is 24.3. The summed E-state index contributed by atoms with van der Waals surface area (Å²) in [5.74, 6) is -4.11. The molecule has 0 aliphatic carbocycles. The maximum Gasteiger partial charge on any atom is 0.338 e. The third kappa shape index (κ3) is 15.6. The number of carbonyl (C=O) groups excluding carboxylic acids is 2. The maximum absolute atomic E-state index is 12.4. The zero-order valence-electron chi connectivity index (χ0n) is 26.1. The Morgan fingerprint density at radius 3 is 2.57 bits per heavy atom. The topological polar surface area (TPSA) is 173 Å². The van der Waals surface area contributed by atoms with E-state index in [4.69, 9.17) is 37.7 Å². The lowest BCUT2D eigenvalue weighted by atomic mass is 10.2. The van der Waals surface area contributed by atoms with Gasteiger partial charge in [-0.15, -0.1) is 0 Å². The zero-order valence-corrected chi connectivity index (χ0v) is 16.0. The summed E-state index contributed by atoms with van der Waals surface area (Å²) in [5.41, 5.74) is -0.747. The van der Waals surface area contributed by atoms with Gasteiger partial charge >= 0.3 is 17.9 Å². The highest BCUT2D eigenvalue weighted by Gasteiger charge is 2.08. The minimum atomic E-state index is -3.92. The van der Waals surface area contributed by atoms with Gasteiger partial charge in [0.2, 0.25) is 0 Å². The van der Waals surface area contributed by atoms with Gasteiger partial charge in [0, 0.05) is 15.4 Å². The summed E-state index contributed by atoms with van der Waals surface area (Å²) in [6.07, 6.45) is -2.34. The molecule has 1 aromatic carbocycles. The summed E-state index contributed by atoms with van der Waals surface area (Å²) in [6, 6.07) is -3.32. The average molecular weight is 429 g/mol. The molecule has 11 heteroatoms. The number of ether oxygens (including phenoxy) is 2. The van der Waals surface area contributed by atoms with Crippen LogP contribution in [-0.4, -0.2) is 50.3 Å². The van der Waals surface area contributed by atoms with E-state index in [0.717, 1.165) is 0 Å². The Balaban J connectivity index is 0.00000263. The van der Waals surface area contributed by atoms with Gasteiger partial charge in [0.05, 0.1) is 34.3 Å². The lowest BCUT2D eigenvalue weighted by Crippen LogP contribution is -2.54. The van der Waals surface area contributed by atoms with E-state index in [1.165, 1.54) is 6.92 Å². The molecule has 0 radical (unpaired) electrons. The lowest BCUT2D eigenvalue weighted by molar-refractivity contribution is -0.134. The van der Waals surface area contributed by atoms with Gasteiger partial charge in [-0.1, -0.05) is 0 Å². The second-order valence-corrected chi connectivity index (χ2v) is 6.24. The lowest BCUT2D eigenvalue weighted by Gasteiger charge is -2.06. The third-order valence-corrected chi connectivity index (χ3v) is 2.38. The van der Waals surface area contributed by atoms with Crippen molar-refractivity contribution >= 4 is 28.0 Å². The first-order valence-corrected chi connectivity index (χ1v) is 9.58. The minimum absolute atomic E-state index is 0.00735. The molecule has 158 valence electrons. The standard InChI is InChI=1S/C16H23N3O4.CH4O3S/c1-2-22-15(21)12-7-9-13(10-8-12)23-14(20)6-4-3-5-11-19-16(17)18;1-5(2,3)4/h7-10H,2-6,11H2,1H3,(H4,17,18,19);1H3,(H,2,3,4)/i6D2,7D,8D,9D,10D;/hD5. The molecule has 10 nitrogen and oxygen atoms in total. The van der Waals surface area contributed by atoms with Crippen molar-refractivity contribution in [2.24, 2.45) is 5.72 Å². The fourth-order valence-corrected chi connectivity index (χ4v) is 1.39. The van der Waals surface area contributed by atoms with Crippen LogP contribution in [0.5, 0.6) is 5.75 Å². The van der Waals surface area contributed by atoms with Crippen LogP contribution in [0.4, 0.5) is 0 Å². The molecule has 0 saturated carbocycles. The van der Waals surface area contributed by atoms with Crippen LogP contribution in [0.25, 0.3) is 0 Å².